The first kappa shape index (κ1) is 12.5. The van der Waals surface area contributed by atoms with Gasteiger partial charge in [-0.05, 0) is 40.9 Å². The van der Waals surface area contributed by atoms with Crippen molar-refractivity contribution in [3.05, 3.63) is 34.1 Å². The zero-order valence-corrected chi connectivity index (χ0v) is 10.8. The van der Waals surface area contributed by atoms with Gasteiger partial charge < -0.3 is 0 Å². The van der Waals surface area contributed by atoms with E-state index in [9.17, 15) is 9.18 Å². The summed E-state index contributed by atoms with van der Waals surface area (Å²) in [6, 6.07) is 4.32. The first-order valence-corrected chi connectivity index (χ1v) is 6.38. The molecule has 1 aromatic rings. The lowest BCUT2D eigenvalue weighted by Crippen LogP contribution is -2.28. The number of hydroxylamine groups is 1. The molecular formula is C12H13BrFNO2. The average Bonchev–Trinajstić information content (AvgIpc) is 2.82. The van der Waals surface area contributed by atoms with Gasteiger partial charge in [0.05, 0.1) is 16.1 Å². The number of hydrogen-bond donors (Lipinski definition) is 1. The Balaban J connectivity index is 1.97. The highest BCUT2D eigenvalue weighted by atomic mass is 79.9. The lowest BCUT2D eigenvalue weighted by Gasteiger charge is -2.12. The third-order valence-corrected chi connectivity index (χ3v) is 3.62. The minimum atomic E-state index is -0.460. The largest absolute Gasteiger partial charge is 0.276 e. The lowest BCUT2D eigenvalue weighted by molar-refractivity contribution is -0.0125. The number of carbonyl (C=O) groups excluding carboxylic acids is 1. The summed E-state index contributed by atoms with van der Waals surface area (Å²) < 4.78 is 13.4. The second-order valence-corrected chi connectivity index (χ2v) is 4.85. The molecule has 1 aromatic carbocycles. The van der Waals surface area contributed by atoms with Gasteiger partial charge in [0.15, 0.2) is 0 Å². The first-order valence-electron chi connectivity index (χ1n) is 5.58. The zero-order valence-electron chi connectivity index (χ0n) is 9.21. The minimum Gasteiger partial charge on any atom is -0.270 e. The molecular weight excluding hydrogens is 289 g/mol. The van der Waals surface area contributed by atoms with Crippen molar-refractivity contribution in [3.63, 3.8) is 0 Å². The van der Waals surface area contributed by atoms with Crippen LogP contribution in [0.15, 0.2) is 22.7 Å². The summed E-state index contributed by atoms with van der Waals surface area (Å²) in [6.45, 7) is 0. The molecule has 0 bridgehead atoms. The van der Waals surface area contributed by atoms with Crippen LogP contribution in [-0.2, 0) is 4.84 Å². The summed E-state index contributed by atoms with van der Waals surface area (Å²) in [5.41, 5.74) is 2.61. The molecule has 17 heavy (non-hydrogen) atoms. The standard InChI is InChI=1S/C12H13BrFNO2/c13-11-9(6-3-7-10(11)14)12(16)15-17-8-4-1-2-5-8/h3,6-8H,1-2,4-5H2,(H,15,16). The van der Waals surface area contributed by atoms with E-state index in [4.69, 9.17) is 4.84 Å². The van der Waals surface area contributed by atoms with Gasteiger partial charge in [0, 0.05) is 0 Å². The molecule has 0 aromatic heterocycles. The normalized spacial score (nSPS) is 16.1. The molecule has 1 N–H and O–H groups in total. The monoisotopic (exact) mass is 301 g/mol. The summed E-state index contributed by atoms with van der Waals surface area (Å²) in [6.07, 6.45) is 4.27. The lowest BCUT2D eigenvalue weighted by atomic mass is 10.2. The van der Waals surface area contributed by atoms with Gasteiger partial charge in [0.1, 0.15) is 5.82 Å². The van der Waals surface area contributed by atoms with Crippen LogP contribution >= 0.6 is 15.9 Å². The molecule has 0 radical (unpaired) electrons. The Kier molecular flexibility index (Phi) is 4.12. The number of halogens is 2. The average molecular weight is 302 g/mol. The van der Waals surface area contributed by atoms with E-state index in [1.165, 1.54) is 12.1 Å². The van der Waals surface area contributed by atoms with Crippen LogP contribution < -0.4 is 5.48 Å². The molecule has 2 rings (SSSR count). The fourth-order valence-corrected chi connectivity index (χ4v) is 2.32. The van der Waals surface area contributed by atoms with Crippen LogP contribution in [0.5, 0.6) is 0 Å². The maximum Gasteiger partial charge on any atom is 0.276 e. The van der Waals surface area contributed by atoms with Crippen LogP contribution in [0.3, 0.4) is 0 Å². The maximum absolute atomic E-state index is 13.2. The van der Waals surface area contributed by atoms with Gasteiger partial charge in [-0.15, -0.1) is 0 Å². The molecule has 0 atom stereocenters. The molecule has 1 aliphatic carbocycles. The Hall–Kier alpha value is -0.940. The van der Waals surface area contributed by atoms with Crippen molar-refractivity contribution in [3.8, 4) is 0 Å². The van der Waals surface area contributed by atoms with Gasteiger partial charge in [-0.2, -0.15) is 0 Å². The van der Waals surface area contributed by atoms with Gasteiger partial charge in [0.25, 0.3) is 5.91 Å². The van der Waals surface area contributed by atoms with E-state index in [1.54, 1.807) is 6.07 Å². The highest BCUT2D eigenvalue weighted by Gasteiger charge is 2.18. The van der Waals surface area contributed by atoms with Crippen molar-refractivity contribution in [2.24, 2.45) is 0 Å². The van der Waals surface area contributed by atoms with Gasteiger partial charge in [0.2, 0.25) is 0 Å². The SMILES string of the molecule is O=C(NOC1CCCC1)c1cccc(F)c1Br. The fraction of sp³-hybridized carbons (Fsp3) is 0.417. The topological polar surface area (TPSA) is 38.3 Å². The third kappa shape index (κ3) is 3.04. The number of benzene rings is 1. The first-order chi connectivity index (χ1) is 8.18. The Bertz CT molecular complexity index is 419. The van der Waals surface area contributed by atoms with Crippen molar-refractivity contribution in [1.82, 2.24) is 5.48 Å². The van der Waals surface area contributed by atoms with Gasteiger partial charge in [-0.3, -0.25) is 9.63 Å². The second-order valence-electron chi connectivity index (χ2n) is 4.06. The molecule has 0 unspecified atom stereocenters. The van der Waals surface area contributed by atoms with Gasteiger partial charge >= 0.3 is 0 Å². The number of amides is 1. The number of nitrogens with one attached hydrogen (secondary N) is 1. The zero-order chi connectivity index (χ0) is 12.3. The van der Waals surface area contributed by atoms with Crippen molar-refractivity contribution in [2.75, 3.05) is 0 Å². The smallest absolute Gasteiger partial charge is 0.270 e. The molecule has 3 nitrogen and oxygen atoms in total. The maximum atomic E-state index is 13.2. The van der Waals surface area contributed by atoms with E-state index < -0.39 is 11.7 Å². The van der Waals surface area contributed by atoms with Crippen LogP contribution in [0, 0.1) is 5.82 Å². The van der Waals surface area contributed by atoms with E-state index in [1.807, 2.05) is 0 Å². The van der Waals surface area contributed by atoms with E-state index in [0.717, 1.165) is 25.7 Å². The number of carbonyl (C=O) groups is 1. The minimum absolute atomic E-state index is 0.0892. The van der Waals surface area contributed by atoms with Crippen molar-refractivity contribution in [1.29, 1.82) is 0 Å². The van der Waals surface area contributed by atoms with Crippen molar-refractivity contribution < 1.29 is 14.0 Å². The molecule has 1 aliphatic rings. The quantitative estimate of drug-likeness (QED) is 0.871. The Morgan fingerprint density at radius 3 is 2.82 bits per heavy atom. The van der Waals surface area contributed by atoms with Crippen LogP contribution in [0.2, 0.25) is 0 Å². The van der Waals surface area contributed by atoms with Crippen LogP contribution in [-0.4, -0.2) is 12.0 Å². The van der Waals surface area contributed by atoms with E-state index >= 15 is 0 Å². The fourth-order valence-electron chi connectivity index (χ4n) is 1.88. The summed E-state index contributed by atoms with van der Waals surface area (Å²) in [7, 11) is 0. The number of hydrogen-bond acceptors (Lipinski definition) is 2. The van der Waals surface area contributed by atoms with E-state index in [2.05, 4.69) is 21.4 Å². The second kappa shape index (κ2) is 5.60. The molecule has 0 spiro atoms. The van der Waals surface area contributed by atoms with Gasteiger partial charge in [-0.25, -0.2) is 9.87 Å². The molecule has 0 aliphatic heterocycles. The van der Waals surface area contributed by atoms with Crippen LogP contribution in [0.25, 0.3) is 0 Å². The predicted molar refractivity (Wildman–Crippen MR) is 64.9 cm³/mol. The van der Waals surface area contributed by atoms with E-state index in [0.29, 0.717) is 0 Å². The third-order valence-electron chi connectivity index (χ3n) is 2.82. The summed E-state index contributed by atoms with van der Waals surface area (Å²) in [5.74, 6) is -0.887. The molecule has 92 valence electrons. The highest BCUT2D eigenvalue weighted by molar-refractivity contribution is 9.10. The highest BCUT2D eigenvalue weighted by Crippen LogP contribution is 2.22. The number of rotatable bonds is 3. The Labute approximate surface area is 107 Å². The molecule has 1 fully saturated rings. The molecule has 1 saturated carbocycles. The van der Waals surface area contributed by atoms with Crippen molar-refractivity contribution >= 4 is 21.8 Å². The molecule has 5 heteroatoms. The summed E-state index contributed by atoms with van der Waals surface area (Å²) in [5, 5.41) is 0. The van der Waals surface area contributed by atoms with E-state index in [-0.39, 0.29) is 16.1 Å². The Morgan fingerprint density at radius 2 is 2.12 bits per heavy atom. The van der Waals surface area contributed by atoms with Crippen molar-refractivity contribution in [2.45, 2.75) is 31.8 Å². The summed E-state index contributed by atoms with van der Waals surface area (Å²) >= 11 is 3.04. The molecule has 0 heterocycles. The summed E-state index contributed by atoms with van der Waals surface area (Å²) in [4.78, 5) is 17.0. The van der Waals surface area contributed by atoms with Crippen LogP contribution in [0.4, 0.5) is 4.39 Å². The van der Waals surface area contributed by atoms with Crippen LogP contribution in [0.1, 0.15) is 36.0 Å². The Morgan fingerprint density at radius 1 is 1.41 bits per heavy atom. The molecule has 0 saturated heterocycles. The predicted octanol–water partition coefficient (Wildman–Crippen LogP) is 3.19. The van der Waals surface area contributed by atoms with Gasteiger partial charge in [-0.1, -0.05) is 18.9 Å². The molecule has 1 amide bonds.